The number of amides is 1. The molecule has 0 atom stereocenters. The largest absolute Gasteiger partial charge is 0.435 e. The van der Waals surface area contributed by atoms with Crippen LogP contribution in [0.3, 0.4) is 0 Å². The smallest absolute Gasteiger partial charge is 0.368 e. The summed E-state index contributed by atoms with van der Waals surface area (Å²) in [6.07, 6.45) is -3.37. The Labute approximate surface area is 141 Å². The van der Waals surface area contributed by atoms with E-state index in [0.717, 1.165) is 22.6 Å². The molecule has 9 heteroatoms. The van der Waals surface area contributed by atoms with Crippen LogP contribution in [0.4, 0.5) is 23.2 Å². The number of alkyl halides is 3. The Kier molecular flexibility index (Phi) is 4.65. The molecule has 1 amide bonds. The number of hydrogen-bond acceptors (Lipinski definition) is 3. The first kappa shape index (κ1) is 17.2. The number of nitrogens with zero attached hydrogens (tertiary/aromatic N) is 4. The van der Waals surface area contributed by atoms with Crippen molar-refractivity contribution in [1.29, 1.82) is 0 Å². The first-order chi connectivity index (χ1) is 11.8. The van der Waals surface area contributed by atoms with Crippen molar-refractivity contribution in [1.82, 2.24) is 14.7 Å². The molecule has 1 aliphatic rings. The van der Waals surface area contributed by atoms with Crippen molar-refractivity contribution in [2.75, 3.05) is 31.1 Å². The van der Waals surface area contributed by atoms with E-state index in [-0.39, 0.29) is 18.3 Å². The minimum Gasteiger partial charge on any atom is -0.368 e. The van der Waals surface area contributed by atoms with Crippen LogP contribution < -0.4 is 4.90 Å². The van der Waals surface area contributed by atoms with Gasteiger partial charge < -0.3 is 9.80 Å². The van der Waals surface area contributed by atoms with E-state index in [0.29, 0.717) is 26.2 Å². The highest BCUT2D eigenvalue weighted by molar-refractivity contribution is 5.76. The molecule has 5 nitrogen and oxygen atoms in total. The first-order valence-corrected chi connectivity index (χ1v) is 7.72. The van der Waals surface area contributed by atoms with Crippen molar-refractivity contribution in [2.24, 2.45) is 0 Å². The summed E-state index contributed by atoms with van der Waals surface area (Å²) in [5.74, 6) is -0.592. The summed E-state index contributed by atoms with van der Waals surface area (Å²) in [5, 5.41) is 3.39. The van der Waals surface area contributed by atoms with Crippen LogP contribution in [-0.2, 0) is 17.5 Å². The van der Waals surface area contributed by atoms with Crippen molar-refractivity contribution in [3.63, 3.8) is 0 Å². The molecule has 1 aliphatic heterocycles. The van der Waals surface area contributed by atoms with Gasteiger partial charge in [-0.3, -0.25) is 9.48 Å². The number of carbonyl (C=O) groups is 1. The molecule has 0 unspecified atom stereocenters. The van der Waals surface area contributed by atoms with E-state index in [1.807, 2.05) is 4.90 Å². The Morgan fingerprint density at radius 3 is 2.24 bits per heavy atom. The van der Waals surface area contributed by atoms with Crippen LogP contribution in [0.1, 0.15) is 5.69 Å². The second-order valence-corrected chi connectivity index (χ2v) is 5.74. The number of anilines is 1. The average molecular weight is 356 g/mol. The number of carbonyl (C=O) groups excluding carboxylic acids is 1. The van der Waals surface area contributed by atoms with Gasteiger partial charge in [-0.25, -0.2) is 4.39 Å². The molecule has 0 spiro atoms. The van der Waals surface area contributed by atoms with Gasteiger partial charge in [0.25, 0.3) is 0 Å². The molecule has 25 heavy (non-hydrogen) atoms. The lowest BCUT2D eigenvalue weighted by atomic mass is 10.2. The second kappa shape index (κ2) is 6.73. The summed E-state index contributed by atoms with van der Waals surface area (Å²) in [5.41, 5.74) is -0.142. The Balaban J connectivity index is 1.55. The molecular formula is C16H16F4N4O. The highest BCUT2D eigenvalue weighted by Crippen LogP contribution is 2.27. The zero-order valence-corrected chi connectivity index (χ0v) is 13.2. The van der Waals surface area contributed by atoms with Crippen LogP contribution in [0.5, 0.6) is 0 Å². The summed E-state index contributed by atoms with van der Waals surface area (Å²) in [6, 6.07) is 6.95. The summed E-state index contributed by atoms with van der Waals surface area (Å²) >= 11 is 0. The molecule has 0 bridgehead atoms. The lowest BCUT2D eigenvalue weighted by Gasteiger charge is -2.36. The van der Waals surface area contributed by atoms with Gasteiger partial charge in [0.2, 0.25) is 5.91 Å². The highest BCUT2D eigenvalue weighted by Gasteiger charge is 2.33. The van der Waals surface area contributed by atoms with Crippen LogP contribution in [0.15, 0.2) is 36.5 Å². The lowest BCUT2D eigenvalue weighted by molar-refractivity contribution is -0.142. The Hall–Kier alpha value is -2.58. The second-order valence-electron chi connectivity index (χ2n) is 5.74. The summed E-state index contributed by atoms with van der Waals surface area (Å²) in [6.45, 7) is 1.81. The third-order valence-electron chi connectivity index (χ3n) is 4.05. The number of hydrogen-bond donors (Lipinski definition) is 0. The number of rotatable bonds is 3. The maximum Gasteiger partial charge on any atom is 0.435 e. The van der Waals surface area contributed by atoms with Crippen molar-refractivity contribution in [2.45, 2.75) is 12.7 Å². The topological polar surface area (TPSA) is 41.4 Å². The van der Waals surface area contributed by atoms with Crippen molar-refractivity contribution >= 4 is 11.6 Å². The quantitative estimate of drug-likeness (QED) is 0.793. The van der Waals surface area contributed by atoms with E-state index in [1.165, 1.54) is 12.1 Å². The number of piperazine rings is 1. The molecular weight excluding hydrogens is 340 g/mol. The van der Waals surface area contributed by atoms with Crippen LogP contribution in [0.25, 0.3) is 0 Å². The summed E-state index contributed by atoms with van der Waals surface area (Å²) in [7, 11) is 0. The fourth-order valence-corrected chi connectivity index (χ4v) is 2.71. The highest BCUT2D eigenvalue weighted by atomic mass is 19.4. The lowest BCUT2D eigenvalue weighted by Crippen LogP contribution is -2.49. The van der Waals surface area contributed by atoms with Gasteiger partial charge in [0.05, 0.1) is 0 Å². The van der Waals surface area contributed by atoms with E-state index in [2.05, 4.69) is 5.10 Å². The maximum atomic E-state index is 13.0. The predicted octanol–water partition coefficient (Wildman–Crippen LogP) is 2.39. The molecule has 0 aliphatic carbocycles. The summed E-state index contributed by atoms with van der Waals surface area (Å²) in [4.78, 5) is 15.8. The van der Waals surface area contributed by atoms with Gasteiger partial charge in [-0.1, -0.05) is 0 Å². The molecule has 1 saturated heterocycles. The number of halogens is 4. The minimum absolute atomic E-state index is 0.230. The molecule has 2 aromatic rings. The van der Waals surface area contributed by atoms with Crippen LogP contribution in [0, 0.1) is 5.82 Å². The standard InChI is InChI=1S/C16H16F4N4O/c17-12-1-3-13(4-2-12)22-7-9-23(10-8-22)15(25)11-24-6-5-14(21-24)16(18,19)20/h1-6H,7-11H2. The zero-order valence-electron chi connectivity index (χ0n) is 13.2. The molecule has 3 rings (SSSR count). The van der Waals surface area contributed by atoms with E-state index >= 15 is 0 Å². The number of aromatic nitrogens is 2. The minimum atomic E-state index is -4.52. The van der Waals surface area contributed by atoms with Crippen LogP contribution >= 0.6 is 0 Å². The van der Waals surface area contributed by atoms with Crippen molar-refractivity contribution in [3.8, 4) is 0 Å². The monoisotopic (exact) mass is 356 g/mol. The molecule has 0 saturated carbocycles. The van der Waals surface area contributed by atoms with E-state index < -0.39 is 11.9 Å². The SMILES string of the molecule is O=C(Cn1ccc(C(F)(F)F)n1)N1CCN(c2ccc(F)cc2)CC1. The summed E-state index contributed by atoms with van der Waals surface area (Å²) < 4.78 is 51.5. The first-order valence-electron chi connectivity index (χ1n) is 7.72. The van der Waals surface area contributed by atoms with E-state index in [1.54, 1.807) is 17.0 Å². The Bertz CT molecular complexity index is 733. The Morgan fingerprint density at radius 2 is 1.68 bits per heavy atom. The van der Waals surface area contributed by atoms with Gasteiger partial charge in [-0.2, -0.15) is 18.3 Å². The van der Waals surface area contributed by atoms with Crippen molar-refractivity contribution < 1.29 is 22.4 Å². The van der Waals surface area contributed by atoms with Gasteiger partial charge in [-0.15, -0.1) is 0 Å². The molecule has 1 aromatic carbocycles. The predicted molar refractivity (Wildman–Crippen MR) is 82.4 cm³/mol. The average Bonchev–Trinajstić information content (AvgIpc) is 3.04. The third-order valence-corrected chi connectivity index (χ3v) is 4.05. The molecule has 0 N–H and O–H groups in total. The van der Waals surface area contributed by atoms with Gasteiger partial charge >= 0.3 is 6.18 Å². The van der Waals surface area contributed by atoms with Crippen LogP contribution in [-0.4, -0.2) is 46.8 Å². The van der Waals surface area contributed by atoms with Gasteiger partial charge in [-0.05, 0) is 30.3 Å². The van der Waals surface area contributed by atoms with Gasteiger partial charge in [0.1, 0.15) is 12.4 Å². The van der Waals surface area contributed by atoms with E-state index in [4.69, 9.17) is 0 Å². The number of benzene rings is 1. The Morgan fingerprint density at radius 1 is 1.04 bits per heavy atom. The van der Waals surface area contributed by atoms with Gasteiger partial charge in [0, 0.05) is 38.1 Å². The van der Waals surface area contributed by atoms with E-state index in [9.17, 15) is 22.4 Å². The molecule has 2 heterocycles. The molecule has 0 radical (unpaired) electrons. The molecule has 1 aromatic heterocycles. The maximum absolute atomic E-state index is 13.0. The zero-order chi connectivity index (χ0) is 18.0. The molecule has 1 fully saturated rings. The van der Waals surface area contributed by atoms with Crippen molar-refractivity contribution in [3.05, 3.63) is 48.0 Å². The van der Waals surface area contributed by atoms with Gasteiger partial charge in [0.15, 0.2) is 5.69 Å². The normalized spacial score (nSPS) is 15.5. The van der Waals surface area contributed by atoms with Crippen LogP contribution in [0.2, 0.25) is 0 Å². The molecule has 134 valence electrons. The fourth-order valence-electron chi connectivity index (χ4n) is 2.71. The third kappa shape index (κ3) is 4.09. The fraction of sp³-hybridized carbons (Fsp3) is 0.375.